The zero-order valence-electron chi connectivity index (χ0n) is 25.0. The molecule has 0 heterocycles. The van der Waals surface area contributed by atoms with Gasteiger partial charge in [-0.1, -0.05) is 108 Å². The van der Waals surface area contributed by atoms with E-state index in [2.05, 4.69) is 39.5 Å². The second kappa shape index (κ2) is 15.9. The van der Waals surface area contributed by atoms with Crippen molar-refractivity contribution in [1.29, 1.82) is 0 Å². The fraction of sp³-hybridized carbons (Fsp3) is 0.594. The number of benzene rings is 2. The van der Waals surface area contributed by atoms with E-state index in [4.69, 9.17) is 19.8 Å². The molecular weight excluding hydrogens is 480 g/mol. The highest BCUT2D eigenvalue weighted by atomic mass is 17.2. The van der Waals surface area contributed by atoms with E-state index in [1.54, 1.807) is 0 Å². The molecule has 0 saturated carbocycles. The molecule has 0 aliphatic rings. The number of carbonyl (C=O) groups excluding carboxylic acids is 1. The first kappa shape index (κ1) is 33.6. The molecule has 0 bridgehead atoms. The molecule has 0 radical (unpaired) electrons. The lowest BCUT2D eigenvalue weighted by Gasteiger charge is -2.37. The Labute approximate surface area is 230 Å². The van der Waals surface area contributed by atoms with Crippen molar-refractivity contribution in [1.82, 2.24) is 0 Å². The van der Waals surface area contributed by atoms with E-state index in [1.165, 1.54) is 0 Å². The van der Waals surface area contributed by atoms with Gasteiger partial charge >= 0.3 is 6.16 Å². The summed E-state index contributed by atoms with van der Waals surface area (Å²) in [7, 11) is 0. The summed E-state index contributed by atoms with van der Waals surface area (Å²) in [5.41, 5.74) is 1.07. The zero-order chi connectivity index (χ0) is 28.8. The summed E-state index contributed by atoms with van der Waals surface area (Å²) in [5, 5.41) is 8.38. The minimum atomic E-state index is -1.00. The van der Waals surface area contributed by atoms with Crippen LogP contribution in [-0.2, 0) is 30.6 Å². The van der Waals surface area contributed by atoms with Crippen LogP contribution < -0.4 is 0 Å². The molecule has 0 aliphatic carbocycles. The zero-order valence-corrected chi connectivity index (χ0v) is 25.0. The van der Waals surface area contributed by atoms with Gasteiger partial charge in [-0.3, -0.25) is 4.89 Å². The van der Waals surface area contributed by atoms with Gasteiger partial charge in [0.2, 0.25) is 0 Å². The highest BCUT2D eigenvalue weighted by Gasteiger charge is 2.37. The maximum atomic E-state index is 11.2. The second-order valence-corrected chi connectivity index (χ2v) is 11.5. The monoisotopic (exact) mass is 530 g/mol. The maximum absolute atomic E-state index is 11.2. The van der Waals surface area contributed by atoms with Crippen molar-refractivity contribution in [3.63, 3.8) is 0 Å². The largest absolute Gasteiger partial charge is 0.540 e. The Balaban J connectivity index is 0.000000383. The minimum Gasteiger partial charge on any atom is -0.428 e. The van der Waals surface area contributed by atoms with E-state index in [9.17, 15) is 4.79 Å². The number of unbranched alkanes of at least 4 members (excludes halogenated alkanes) is 1. The van der Waals surface area contributed by atoms with Gasteiger partial charge < -0.3 is 4.74 Å². The number of hydrogen-bond acceptors (Lipinski definition) is 6. The first-order valence-corrected chi connectivity index (χ1v) is 13.8. The lowest BCUT2D eigenvalue weighted by Crippen LogP contribution is -2.39. The van der Waals surface area contributed by atoms with Crippen molar-refractivity contribution < 1.29 is 29.5 Å². The topological polar surface area (TPSA) is 74.2 Å². The smallest absolute Gasteiger partial charge is 0.428 e. The number of hydrogen-bond donors (Lipinski definition) is 1. The van der Waals surface area contributed by atoms with Gasteiger partial charge in [-0.15, -0.1) is 0 Å². The molecule has 0 amide bonds. The van der Waals surface area contributed by atoms with Crippen LogP contribution in [0, 0.1) is 11.3 Å². The fourth-order valence-electron chi connectivity index (χ4n) is 4.24. The average molecular weight is 531 g/mol. The van der Waals surface area contributed by atoms with Gasteiger partial charge in [0.05, 0.1) is 0 Å². The predicted molar refractivity (Wildman–Crippen MR) is 152 cm³/mol. The summed E-state index contributed by atoms with van der Waals surface area (Å²) in [6.07, 6.45) is 3.90. The lowest BCUT2D eigenvalue weighted by molar-refractivity contribution is -0.410. The van der Waals surface area contributed by atoms with E-state index >= 15 is 0 Å². The second-order valence-electron chi connectivity index (χ2n) is 11.5. The Morgan fingerprint density at radius 2 is 1.24 bits per heavy atom. The number of ether oxygens (including phenoxy) is 1. The quantitative estimate of drug-likeness (QED) is 0.158. The van der Waals surface area contributed by atoms with E-state index in [0.29, 0.717) is 5.92 Å². The van der Waals surface area contributed by atoms with Gasteiger partial charge in [0.15, 0.2) is 0 Å². The van der Waals surface area contributed by atoms with Gasteiger partial charge in [0, 0.05) is 5.41 Å². The molecule has 6 heteroatoms. The van der Waals surface area contributed by atoms with Crippen molar-refractivity contribution in [3.05, 3.63) is 71.8 Å². The van der Waals surface area contributed by atoms with Crippen molar-refractivity contribution in [2.45, 2.75) is 112 Å². The standard InChI is InChI=1S/C18H22O2.C14H28O4/c1-17(2,15-11-7-5-8-12-15)19-20-18(3,4)16-13-9-6-10-14-16;1-6-9-10-11(7-2)12(14(4,5)8-3)17-13(15)18-16/h5-14H,1-4H3;11-12,16H,6-10H2,1-5H3. The Morgan fingerprint density at radius 3 is 1.58 bits per heavy atom. The fourth-order valence-corrected chi connectivity index (χ4v) is 4.24. The van der Waals surface area contributed by atoms with E-state index in [-0.39, 0.29) is 11.5 Å². The van der Waals surface area contributed by atoms with Crippen LogP contribution in [-0.4, -0.2) is 17.5 Å². The van der Waals surface area contributed by atoms with Crippen LogP contribution >= 0.6 is 0 Å². The van der Waals surface area contributed by atoms with Crippen LogP contribution in [0.4, 0.5) is 4.79 Å². The summed E-state index contributed by atoms with van der Waals surface area (Å²) >= 11 is 0. The van der Waals surface area contributed by atoms with Crippen molar-refractivity contribution in [3.8, 4) is 0 Å². The van der Waals surface area contributed by atoms with Gasteiger partial charge in [-0.05, 0) is 64.0 Å². The van der Waals surface area contributed by atoms with Crippen LogP contribution in [0.5, 0.6) is 0 Å². The average Bonchev–Trinajstić information content (AvgIpc) is 2.93. The molecule has 0 aromatic heterocycles. The summed E-state index contributed by atoms with van der Waals surface area (Å²) in [6, 6.07) is 20.2. The summed E-state index contributed by atoms with van der Waals surface area (Å²) < 4.78 is 5.29. The van der Waals surface area contributed by atoms with Gasteiger partial charge in [0.1, 0.15) is 17.3 Å². The highest BCUT2D eigenvalue weighted by molar-refractivity contribution is 5.59. The van der Waals surface area contributed by atoms with Crippen molar-refractivity contribution in [2.75, 3.05) is 0 Å². The van der Waals surface area contributed by atoms with Gasteiger partial charge in [-0.25, -0.2) is 14.6 Å². The Morgan fingerprint density at radius 1 is 0.789 bits per heavy atom. The Kier molecular flexibility index (Phi) is 14.0. The van der Waals surface area contributed by atoms with Crippen LogP contribution in [0.1, 0.15) is 106 Å². The number of rotatable bonds is 13. The summed E-state index contributed by atoms with van der Waals surface area (Å²) in [4.78, 5) is 26.3. The lowest BCUT2D eigenvalue weighted by atomic mass is 9.75. The molecule has 2 atom stereocenters. The van der Waals surface area contributed by atoms with Gasteiger partial charge in [-0.2, -0.15) is 5.26 Å². The molecule has 0 saturated heterocycles. The third-order valence-electron chi connectivity index (χ3n) is 7.26. The molecule has 0 spiro atoms. The third kappa shape index (κ3) is 10.8. The van der Waals surface area contributed by atoms with E-state index < -0.39 is 17.4 Å². The molecule has 2 aromatic rings. The Hall–Kier alpha value is -2.41. The molecule has 0 fully saturated rings. The SMILES string of the molecule is CC(C)(OOC(C)(C)c1ccccc1)c1ccccc1.CCCCC(CC)C(OC(=O)OO)C(C)(C)CC. The Bertz CT molecular complexity index is 857. The number of carbonyl (C=O) groups is 1. The van der Waals surface area contributed by atoms with Crippen LogP contribution in [0.15, 0.2) is 60.7 Å². The van der Waals surface area contributed by atoms with Crippen LogP contribution in [0.2, 0.25) is 0 Å². The first-order chi connectivity index (χ1) is 17.8. The van der Waals surface area contributed by atoms with Crippen molar-refractivity contribution in [2.24, 2.45) is 11.3 Å². The van der Waals surface area contributed by atoms with Crippen LogP contribution in [0.25, 0.3) is 0 Å². The minimum absolute atomic E-state index is 0.122. The molecule has 38 heavy (non-hydrogen) atoms. The normalized spacial score (nSPS) is 13.6. The molecule has 6 nitrogen and oxygen atoms in total. The summed E-state index contributed by atoms with van der Waals surface area (Å²) in [6.45, 7) is 18.5. The molecule has 2 rings (SSSR count). The van der Waals surface area contributed by atoms with Gasteiger partial charge in [0.25, 0.3) is 0 Å². The van der Waals surface area contributed by atoms with Crippen LogP contribution in [0.3, 0.4) is 0 Å². The molecule has 214 valence electrons. The first-order valence-electron chi connectivity index (χ1n) is 13.8. The molecular formula is C32H50O6. The predicted octanol–water partition coefficient (Wildman–Crippen LogP) is 9.44. The molecule has 1 N–H and O–H groups in total. The van der Waals surface area contributed by atoms with Crippen molar-refractivity contribution >= 4 is 6.16 Å². The summed E-state index contributed by atoms with van der Waals surface area (Å²) in [5.74, 6) is 0.305. The molecule has 2 aromatic carbocycles. The maximum Gasteiger partial charge on any atom is 0.540 e. The highest BCUT2D eigenvalue weighted by Crippen LogP contribution is 2.36. The molecule has 0 aliphatic heterocycles. The molecule has 2 unspecified atom stereocenters. The van der Waals surface area contributed by atoms with E-state index in [1.807, 2.05) is 88.4 Å². The van der Waals surface area contributed by atoms with E-state index in [0.717, 1.165) is 43.2 Å². The third-order valence-corrected chi connectivity index (χ3v) is 7.26.